The average molecular weight is 255 g/mol. The number of imide groups is 1. The number of hydrogen-bond donors (Lipinski definition) is 3. The van der Waals surface area contributed by atoms with Crippen LogP contribution in [0.5, 0.6) is 0 Å². The zero-order chi connectivity index (χ0) is 12.8. The number of rotatable bonds is 4. The van der Waals surface area contributed by atoms with Gasteiger partial charge in [-0.3, -0.25) is 15.4 Å². The number of nitrogens with one attached hydrogen (secondary N) is 3. The van der Waals surface area contributed by atoms with Gasteiger partial charge in [0.15, 0.2) is 0 Å². The van der Waals surface area contributed by atoms with Crippen LogP contribution >= 0.6 is 11.3 Å². The van der Waals surface area contributed by atoms with E-state index in [9.17, 15) is 9.59 Å². The molecule has 1 rings (SSSR count). The van der Waals surface area contributed by atoms with E-state index in [-0.39, 0.29) is 11.9 Å². The third-order valence-corrected chi connectivity index (χ3v) is 3.38. The Balaban J connectivity index is 2.46. The first-order chi connectivity index (χ1) is 8.04. The fourth-order valence-electron chi connectivity index (χ4n) is 1.35. The summed E-state index contributed by atoms with van der Waals surface area (Å²) in [5, 5.41) is 9.69. The largest absolute Gasteiger partial charge is 0.341 e. The molecule has 3 N–H and O–H groups in total. The Morgan fingerprint density at radius 3 is 2.59 bits per heavy atom. The Labute approximate surface area is 105 Å². The summed E-state index contributed by atoms with van der Waals surface area (Å²) < 4.78 is 0. The van der Waals surface area contributed by atoms with Gasteiger partial charge in [-0.1, -0.05) is 6.07 Å². The van der Waals surface area contributed by atoms with Crippen LogP contribution in [0.15, 0.2) is 17.5 Å². The van der Waals surface area contributed by atoms with E-state index >= 15 is 0 Å². The molecule has 0 aliphatic carbocycles. The van der Waals surface area contributed by atoms with Crippen molar-refractivity contribution in [1.82, 2.24) is 16.0 Å². The summed E-state index contributed by atoms with van der Waals surface area (Å²) in [7, 11) is 1.47. The van der Waals surface area contributed by atoms with Crippen LogP contribution < -0.4 is 16.0 Å². The normalized spacial score (nSPS) is 13.8. The number of carbonyl (C=O) groups excluding carboxylic acids is 2. The molecule has 1 unspecified atom stereocenters. The van der Waals surface area contributed by atoms with Gasteiger partial charge in [0.2, 0.25) is 5.91 Å². The summed E-state index contributed by atoms with van der Waals surface area (Å²) in [5.74, 6) is -0.340. The van der Waals surface area contributed by atoms with Gasteiger partial charge in [0.05, 0.1) is 6.04 Å². The van der Waals surface area contributed by atoms with Crippen molar-refractivity contribution < 1.29 is 9.59 Å². The van der Waals surface area contributed by atoms with Gasteiger partial charge in [-0.25, -0.2) is 4.79 Å². The number of carbonyl (C=O) groups is 2. The molecule has 94 valence electrons. The number of thiophene rings is 1. The molecule has 6 heteroatoms. The maximum Gasteiger partial charge on any atom is 0.321 e. The fraction of sp³-hybridized carbons (Fsp3) is 0.455. The number of urea groups is 1. The van der Waals surface area contributed by atoms with E-state index in [2.05, 4.69) is 16.0 Å². The highest BCUT2D eigenvalue weighted by Crippen LogP contribution is 2.18. The summed E-state index contributed by atoms with van der Waals surface area (Å²) in [6, 6.07) is 3.14. The van der Waals surface area contributed by atoms with E-state index in [1.54, 1.807) is 18.3 Å². The van der Waals surface area contributed by atoms with Crippen LogP contribution in [0.4, 0.5) is 4.79 Å². The van der Waals surface area contributed by atoms with E-state index in [0.29, 0.717) is 0 Å². The minimum absolute atomic E-state index is 0.0837. The first-order valence-corrected chi connectivity index (χ1v) is 6.24. The molecule has 0 aromatic carbocycles. The lowest BCUT2D eigenvalue weighted by Crippen LogP contribution is -2.47. The van der Waals surface area contributed by atoms with Crippen LogP contribution in [0, 0.1) is 0 Å². The molecule has 0 saturated carbocycles. The van der Waals surface area contributed by atoms with E-state index in [0.717, 1.165) is 4.88 Å². The Bertz CT molecular complexity index is 378. The molecular weight excluding hydrogens is 238 g/mol. The van der Waals surface area contributed by atoms with Crippen molar-refractivity contribution in [3.63, 3.8) is 0 Å². The van der Waals surface area contributed by atoms with Gasteiger partial charge in [-0.15, -0.1) is 11.3 Å². The standard InChI is InChI=1S/C11H17N3O2S/c1-7(9-5-4-6-17-9)13-8(2)10(15)14-11(16)12-3/h4-8,13H,1-3H3,(H2,12,14,15,16)/t7-,8?/m1/s1. The highest BCUT2D eigenvalue weighted by Gasteiger charge is 2.18. The van der Waals surface area contributed by atoms with E-state index in [4.69, 9.17) is 0 Å². The molecule has 0 spiro atoms. The van der Waals surface area contributed by atoms with Crippen LogP contribution in [-0.4, -0.2) is 25.0 Å². The monoisotopic (exact) mass is 255 g/mol. The lowest BCUT2D eigenvalue weighted by atomic mass is 10.2. The fourth-order valence-corrected chi connectivity index (χ4v) is 2.10. The summed E-state index contributed by atoms with van der Waals surface area (Å²) in [6.45, 7) is 3.71. The molecule has 0 fully saturated rings. The van der Waals surface area contributed by atoms with E-state index < -0.39 is 12.1 Å². The van der Waals surface area contributed by atoms with Crippen LogP contribution in [0.25, 0.3) is 0 Å². The summed E-state index contributed by atoms with van der Waals surface area (Å²) in [5.41, 5.74) is 0. The predicted molar refractivity (Wildman–Crippen MR) is 67.9 cm³/mol. The first kappa shape index (κ1) is 13.7. The van der Waals surface area contributed by atoms with Crippen molar-refractivity contribution in [2.24, 2.45) is 0 Å². The van der Waals surface area contributed by atoms with Crippen molar-refractivity contribution in [3.8, 4) is 0 Å². The molecule has 0 aliphatic rings. The van der Waals surface area contributed by atoms with Crippen molar-refractivity contribution in [2.75, 3.05) is 7.05 Å². The van der Waals surface area contributed by atoms with Crippen LogP contribution in [0.3, 0.4) is 0 Å². The Kier molecular flexibility index (Phi) is 5.11. The minimum Gasteiger partial charge on any atom is -0.341 e. The minimum atomic E-state index is -0.493. The second-order valence-corrected chi connectivity index (χ2v) is 4.67. The highest BCUT2D eigenvalue weighted by atomic mass is 32.1. The lowest BCUT2D eigenvalue weighted by molar-refractivity contribution is -0.121. The third kappa shape index (κ3) is 4.16. The van der Waals surface area contributed by atoms with Crippen molar-refractivity contribution in [1.29, 1.82) is 0 Å². The Hall–Kier alpha value is -1.40. The van der Waals surface area contributed by atoms with Crippen LogP contribution in [0.2, 0.25) is 0 Å². The zero-order valence-corrected chi connectivity index (χ0v) is 10.9. The predicted octanol–water partition coefficient (Wildman–Crippen LogP) is 1.24. The molecular formula is C11H17N3O2S. The quantitative estimate of drug-likeness (QED) is 0.758. The Morgan fingerprint density at radius 2 is 2.06 bits per heavy atom. The topological polar surface area (TPSA) is 70.2 Å². The van der Waals surface area contributed by atoms with Crippen LogP contribution in [-0.2, 0) is 4.79 Å². The van der Waals surface area contributed by atoms with Crippen molar-refractivity contribution in [3.05, 3.63) is 22.4 Å². The van der Waals surface area contributed by atoms with Gasteiger partial charge in [0.1, 0.15) is 0 Å². The number of amides is 3. The first-order valence-electron chi connectivity index (χ1n) is 5.36. The van der Waals surface area contributed by atoms with E-state index in [1.165, 1.54) is 7.05 Å². The lowest BCUT2D eigenvalue weighted by Gasteiger charge is -2.18. The zero-order valence-electron chi connectivity index (χ0n) is 10.1. The maximum absolute atomic E-state index is 11.6. The highest BCUT2D eigenvalue weighted by molar-refractivity contribution is 7.10. The summed E-state index contributed by atoms with van der Waals surface area (Å²) in [4.78, 5) is 23.7. The molecule has 1 aromatic rings. The van der Waals surface area contributed by atoms with Crippen LogP contribution in [0.1, 0.15) is 24.8 Å². The van der Waals surface area contributed by atoms with Gasteiger partial charge in [0, 0.05) is 18.0 Å². The summed E-state index contributed by atoms with van der Waals surface area (Å²) >= 11 is 1.63. The number of hydrogen-bond acceptors (Lipinski definition) is 4. The second kappa shape index (κ2) is 6.36. The van der Waals surface area contributed by atoms with Gasteiger partial charge >= 0.3 is 6.03 Å². The summed E-state index contributed by atoms with van der Waals surface area (Å²) in [6.07, 6.45) is 0. The third-order valence-electron chi connectivity index (χ3n) is 2.33. The van der Waals surface area contributed by atoms with Gasteiger partial charge in [-0.2, -0.15) is 0 Å². The molecule has 17 heavy (non-hydrogen) atoms. The van der Waals surface area contributed by atoms with E-state index in [1.807, 2.05) is 24.4 Å². The molecule has 2 atom stereocenters. The molecule has 0 bridgehead atoms. The van der Waals surface area contributed by atoms with Crippen molar-refractivity contribution in [2.45, 2.75) is 25.9 Å². The molecule has 0 saturated heterocycles. The Morgan fingerprint density at radius 1 is 1.35 bits per heavy atom. The molecule has 3 amide bonds. The molecule has 0 radical (unpaired) electrons. The van der Waals surface area contributed by atoms with Gasteiger partial charge in [0.25, 0.3) is 0 Å². The van der Waals surface area contributed by atoms with Gasteiger partial charge in [-0.05, 0) is 25.3 Å². The molecule has 5 nitrogen and oxygen atoms in total. The SMILES string of the molecule is CNC(=O)NC(=O)C(C)N[C@H](C)c1cccs1. The molecule has 1 aromatic heterocycles. The smallest absolute Gasteiger partial charge is 0.321 e. The average Bonchev–Trinajstić information content (AvgIpc) is 2.82. The maximum atomic E-state index is 11.6. The molecule has 1 heterocycles. The van der Waals surface area contributed by atoms with Gasteiger partial charge < -0.3 is 5.32 Å². The second-order valence-electron chi connectivity index (χ2n) is 3.69. The molecule has 0 aliphatic heterocycles. The van der Waals surface area contributed by atoms with Crippen molar-refractivity contribution >= 4 is 23.3 Å².